The molecule has 38 heavy (non-hydrogen) atoms. The van der Waals surface area contributed by atoms with E-state index in [4.69, 9.17) is 21.1 Å². The molecule has 0 saturated heterocycles. The van der Waals surface area contributed by atoms with Crippen LogP contribution in [0.25, 0.3) is 5.65 Å². The molecule has 2 aromatic carbocycles. The SMILES string of the molecule is CCOC(=O)Nc1nnc2ccc(NC(=O)c3cc(F)cc(C(F)(F)F)c3)c(Oc3cc(F)ccc3Cl)n12. The molecule has 2 amide bonds. The number of pyridine rings is 1. The third-order valence-corrected chi connectivity index (χ3v) is 5.16. The Kier molecular flexibility index (Phi) is 7.35. The van der Waals surface area contributed by atoms with Crippen LogP contribution in [-0.4, -0.2) is 33.2 Å². The van der Waals surface area contributed by atoms with Crippen molar-refractivity contribution in [3.8, 4) is 11.6 Å². The highest BCUT2D eigenvalue weighted by atomic mass is 35.5. The van der Waals surface area contributed by atoms with Gasteiger partial charge < -0.3 is 14.8 Å². The Morgan fingerprint density at radius 1 is 1.00 bits per heavy atom. The largest absolute Gasteiger partial charge is 0.450 e. The number of ether oxygens (including phenoxy) is 2. The third-order valence-electron chi connectivity index (χ3n) is 4.85. The summed E-state index contributed by atoms with van der Waals surface area (Å²) in [7, 11) is 0. The van der Waals surface area contributed by atoms with E-state index in [1.54, 1.807) is 6.92 Å². The van der Waals surface area contributed by atoms with Crippen LogP contribution in [0.15, 0.2) is 48.5 Å². The Hall–Kier alpha value is -4.46. The number of carbonyl (C=O) groups is 2. The fourth-order valence-electron chi connectivity index (χ4n) is 3.23. The number of rotatable bonds is 6. The van der Waals surface area contributed by atoms with Crippen LogP contribution in [-0.2, 0) is 10.9 Å². The molecule has 15 heteroatoms. The zero-order chi connectivity index (χ0) is 27.6. The van der Waals surface area contributed by atoms with E-state index in [2.05, 4.69) is 20.8 Å². The maximum absolute atomic E-state index is 13.9. The predicted molar refractivity (Wildman–Crippen MR) is 124 cm³/mol. The molecule has 0 saturated carbocycles. The minimum atomic E-state index is -4.91. The van der Waals surface area contributed by atoms with Gasteiger partial charge in [0, 0.05) is 11.6 Å². The fourth-order valence-corrected chi connectivity index (χ4v) is 3.38. The topological polar surface area (TPSA) is 107 Å². The summed E-state index contributed by atoms with van der Waals surface area (Å²) in [6.07, 6.45) is -5.82. The number of fused-ring (bicyclic) bond motifs is 1. The number of alkyl halides is 3. The molecule has 0 aliphatic rings. The van der Waals surface area contributed by atoms with Crippen molar-refractivity contribution >= 4 is 40.9 Å². The first-order valence-electron chi connectivity index (χ1n) is 10.6. The smallest absolute Gasteiger partial charge is 0.416 e. The number of carbonyl (C=O) groups excluding carboxylic acids is 2. The highest BCUT2D eigenvalue weighted by Gasteiger charge is 2.32. The van der Waals surface area contributed by atoms with Crippen LogP contribution in [0.4, 0.5) is 38.4 Å². The number of aromatic nitrogens is 3. The molecule has 4 rings (SSSR count). The molecule has 198 valence electrons. The van der Waals surface area contributed by atoms with Crippen LogP contribution in [0.2, 0.25) is 5.02 Å². The molecule has 9 nitrogen and oxygen atoms in total. The van der Waals surface area contributed by atoms with E-state index in [1.807, 2.05) is 0 Å². The van der Waals surface area contributed by atoms with E-state index in [1.165, 1.54) is 18.2 Å². The molecule has 0 unspecified atom stereocenters. The van der Waals surface area contributed by atoms with E-state index < -0.39 is 40.9 Å². The van der Waals surface area contributed by atoms with Crippen molar-refractivity contribution in [3.63, 3.8) is 0 Å². The Balaban J connectivity index is 1.82. The molecule has 0 spiro atoms. The quantitative estimate of drug-likeness (QED) is 0.271. The zero-order valence-electron chi connectivity index (χ0n) is 19.1. The first kappa shape index (κ1) is 26.6. The van der Waals surface area contributed by atoms with Gasteiger partial charge >= 0.3 is 12.3 Å². The molecule has 2 heterocycles. The highest BCUT2D eigenvalue weighted by molar-refractivity contribution is 6.32. The second-order valence-corrected chi connectivity index (χ2v) is 7.88. The first-order chi connectivity index (χ1) is 18.0. The van der Waals surface area contributed by atoms with E-state index in [-0.39, 0.29) is 46.6 Å². The molecule has 0 fully saturated rings. The summed E-state index contributed by atoms with van der Waals surface area (Å²) >= 11 is 6.11. The van der Waals surface area contributed by atoms with Gasteiger partial charge in [0.1, 0.15) is 17.3 Å². The Labute approximate surface area is 215 Å². The molecular weight excluding hydrogens is 541 g/mol. The predicted octanol–water partition coefficient (Wildman–Crippen LogP) is 6.29. The summed E-state index contributed by atoms with van der Waals surface area (Å²) in [5, 5.41) is 12.3. The van der Waals surface area contributed by atoms with Gasteiger partial charge in [0.05, 0.1) is 17.2 Å². The Morgan fingerprint density at radius 2 is 1.76 bits per heavy atom. The van der Waals surface area contributed by atoms with Crippen LogP contribution in [0, 0.1) is 11.6 Å². The lowest BCUT2D eigenvalue weighted by molar-refractivity contribution is -0.137. The van der Waals surface area contributed by atoms with E-state index in [0.29, 0.717) is 12.1 Å². The molecule has 2 aromatic heterocycles. The highest BCUT2D eigenvalue weighted by Crippen LogP contribution is 2.37. The number of benzene rings is 2. The van der Waals surface area contributed by atoms with Gasteiger partial charge in [-0.2, -0.15) is 13.2 Å². The minimum absolute atomic E-state index is 0.0275. The van der Waals surface area contributed by atoms with E-state index >= 15 is 0 Å². The number of nitrogens with one attached hydrogen (secondary N) is 2. The molecule has 0 radical (unpaired) electrons. The summed E-state index contributed by atoms with van der Waals surface area (Å²) in [5.74, 6) is -3.96. The van der Waals surface area contributed by atoms with Crippen molar-refractivity contribution in [1.29, 1.82) is 0 Å². The van der Waals surface area contributed by atoms with Crippen LogP contribution < -0.4 is 15.4 Å². The minimum Gasteiger partial charge on any atom is -0.450 e. The number of hydrogen-bond acceptors (Lipinski definition) is 6. The van der Waals surface area contributed by atoms with Gasteiger partial charge in [0.2, 0.25) is 11.8 Å². The number of nitrogens with zero attached hydrogens (tertiary/aromatic N) is 3. The van der Waals surface area contributed by atoms with Crippen LogP contribution in [0.1, 0.15) is 22.8 Å². The van der Waals surface area contributed by atoms with Gasteiger partial charge in [-0.15, -0.1) is 10.2 Å². The zero-order valence-corrected chi connectivity index (χ0v) is 19.8. The van der Waals surface area contributed by atoms with E-state index in [9.17, 15) is 31.5 Å². The summed E-state index contributed by atoms with van der Waals surface area (Å²) in [4.78, 5) is 24.9. The normalized spacial score (nSPS) is 11.3. The Bertz CT molecular complexity index is 1540. The van der Waals surface area contributed by atoms with Gasteiger partial charge in [-0.1, -0.05) is 11.6 Å². The second-order valence-electron chi connectivity index (χ2n) is 7.47. The van der Waals surface area contributed by atoms with Crippen molar-refractivity contribution in [2.75, 3.05) is 17.2 Å². The van der Waals surface area contributed by atoms with Crippen molar-refractivity contribution in [1.82, 2.24) is 14.6 Å². The number of halogens is 6. The summed E-state index contributed by atoms with van der Waals surface area (Å²) < 4.78 is 78.9. The lowest BCUT2D eigenvalue weighted by Gasteiger charge is -2.16. The standard InChI is InChI=1S/C23H15ClF5N5O4/c1-2-37-22(36)31-21-33-32-18-6-5-16(20(34(18)21)38-17-10-13(25)3-4-15(17)24)30-19(35)11-7-12(23(27,28)29)9-14(26)8-11/h3-10H,2H2,1H3,(H,30,35)(H,31,33,36). The summed E-state index contributed by atoms with van der Waals surface area (Å²) in [6, 6.07) is 7.08. The lowest BCUT2D eigenvalue weighted by atomic mass is 10.1. The van der Waals surface area contributed by atoms with Gasteiger partial charge in [-0.25, -0.2) is 18.0 Å². The van der Waals surface area contributed by atoms with Crippen molar-refractivity contribution in [2.24, 2.45) is 0 Å². The summed E-state index contributed by atoms with van der Waals surface area (Å²) in [6.45, 7) is 1.59. The van der Waals surface area contributed by atoms with Crippen LogP contribution >= 0.6 is 11.6 Å². The number of amides is 2. The maximum Gasteiger partial charge on any atom is 0.416 e. The van der Waals surface area contributed by atoms with Gasteiger partial charge in [0.15, 0.2) is 11.4 Å². The summed E-state index contributed by atoms with van der Waals surface area (Å²) in [5.41, 5.74) is -2.16. The molecule has 0 aliphatic carbocycles. The maximum atomic E-state index is 13.9. The van der Waals surface area contributed by atoms with Gasteiger partial charge in [-0.3, -0.25) is 10.1 Å². The molecule has 0 bridgehead atoms. The average molecular weight is 556 g/mol. The molecule has 0 aliphatic heterocycles. The Morgan fingerprint density at radius 3 is 2.47 bits per heavy atom. The van der Waals surface area contributed by atoms with Crippen molar-refractivity contribution in [3.05, 3.63) is 76.3 Å². The molecule has 4 aromatic rings. The van der Waals surface area contributed by atoms with Gasteiger partial charge in [-0.05, 0) is 49.4 Å². The molecule has 0 atom stereocenters. The van der Waals surface area contributed by atoms with Crippen LogP contribution in [0.5, 0.6) is 11.6 Å². The molecular formula is C23H15ClF5N5O4. The van der Waals surface area contributed by atoms with Gasteiger partial charge in [0.25, 0.3) is 5.91 Å². The first-order valence-corrected chi connectivity index (χ1v) is 11.0. The fraction of sp³-hybridized carbons (Fsp3) is 0.130. The second kappa shape index (κ2) is 10.5. The third kappa shape index (κ3) is 5.75. The number of hydrogen-bond donors (Lipinski definition) is 2. The number of anilines is 2. The van der Waals surface area contributed by atoms with E-state index in [0.717, 1.165) is 16.5 Å². The van der Waals surface area contributed by atoms with Crippen LogP contribution in [0.3, 0.4) is 0 Å². The van der Waals surface area contributed by atoms with Crippen molar-refractivity contribution < 1.29 is 41.0 Å². The molecule has 2 N–H and O–H groups in total. The lowest BCUT2D eigenvalue weighted by Crippen LogP contribution is -2.17. The van der Waals surface area contributed by atoms with Crippen molar-refractivity contribution in [2.45, 2.75) is 13.1 Å². The average Bonchev–Trinajstić information content (AvgIpc) is 3.24. The monoisotopic (exact) mass is 555 g/mol.